The van der Waals surface area contributed by atoms with Gasteiger partial charge in [0.1, 0.15) is 5.69 Å². The van der Waals surface area contributed by atoms with E-state index in [9.17, 15) is 13.6 Å². The number of nitrogens with zero attached hydrogens (tertiary/aromatic N) is 5. The summed E-state index contributed by atoms with van der Waals surface area (Å²) in [5.41, 5.74) is -0.254. The van der Waals surface area contributed by atoms with Gasteiger partial charge in [-0.2, -0.15) is 19.0 Å². The van der Waals surface area contributed by atoms with Crippen molar-refractivity contribution in [2.45, 2.75) is 5.38 Å². The van der Waals surface area contributed by atoms with Gasteiger partial charge in [-0.1, -0.05) is 6.07 Å². The van der Waals surface area contributed by atoms with Crippen LogP contribution in [-0.4, -0.2) is 30.3 Å². The van der Waals surface area contributed by atoms with Gasteiger partial charge in [0.15, 0.2) is 11.3 Å². The highest BCUT2D eigenvalue weighted by molar-refractivity contribution is 9.10. The highest BCUT2D eigenvalue weighted by atomic mass is 79.9. The third-order valence-electron chi connectivity index (χ3n) is 3.47. The van der Waals surface area contributed by atoms with Crippen LogP contribution in [-0.2, 0) is 5.38 Å². The van der Waals surface area contributed by atoms with Gasteiger partial charge < -0.3 is 0 Å². The number of thiophene rings is 1. The molecule has 0 spiro atoms. The fraction of sp³-hybridized carbons (Fsp3) is 0.0667. The van der Waals surface area contributed by atoms with E-state index in [1.54, 1.807) is 17.5 Å². The van der Waals surface area contributed by atoms with Crippen molar-refractivity contribution in [1.82, 2.24) is 24.4 Å². The van der Waals surface area contributed by atoms with E-state index in [1.165, 1.54) is 29.8 Å². The smallest absolute Gasteiger partial charge is 0.265 e. The molecule has 0 atom stereocenters. The van der Waals surface area contributed by atoms with Crippen LogP contribution in [0.2, 0.25) is 0 Å². The molecule has 0 saturated heterocycles. The lowest BCUT2D eigenvalue weighted by atomic mass is 10.2. The summed E-state index contributed by atoms with van der Waals surface area (Å²) in [6.07, 6.45) is 2.87. The Balaban J connectivity index is 1.90. The molecule has 6 nitrogen and oxygen atoms in total. The van der Waals surface area contributed by atoms with Gasteiger partial charge in [0.25, 0.3) is 5.91 Å². The van der Waals surface area contributed by atoms with Crippen molar-refractivity contribution in [1.29, 1.82) is 0 Å². The van der Waals surface area contributed by atoms with E-state index in [-0.39, 0.29) is 11.3 Å². The molecule has 26 heavy (non-hydrogen) atoms. The molecule has 0 aliphatic rings. The molecule has 0 radical (unpaired) electrons. The molecule has 11 heteroatoms. The van der Waals surface area contributed by atoms with Crippen LogP contribution >= 0.6 is 38.9 Å². The summed E-state index contributed by atoms with van der Waals surface area (Å²) in [5.74, 6) is -0.581. The SMILES string of the molecule is O=C(c1cc2nc(-c3cccs3)cc(C(F)(F)Cl)n2n1)n1cc(Br)cn1. The second kappa shape index (κ2) is 6.22. The van der Waals surface area contributed by atoms with Crippen molar-refractivity contribution in [2.24, 2.45) is 0 Å². The van der Waals surface area contributed by atoms with Gasteiger partial charge in [-0.25, -0.2) is 14.2 Å². The molecule has 0 N–H and O–H groups in total. The van der Waals surface area contributed by atoms with E-state index in [0.29, 0.717) is 15.0 Å². The highest BCUT2D eigenvalue weighted by Gasteiger charge is 2.33. The van der Waals surface area contributed by atoms with Gasteiger partial charge in [0.2, 0.25) is 0 Å². The van der Waals surface area contributed by atoms with Gasteiger partial charge in [0, 0.05) is 12.3 Å². The van der Waals surface area contributed by atoms with Gasteiger partial charge in [0.05, 0.1) is 21.2 Å². The first kappa shape index (κ1) is 17.3. The average molecular weight is 459 g/mol. The summed E-state index contributed by atoms with van der Waals surface area (Å²) in [7, 11) is 0. The van der Waals surface area contributed by atoms with Crippen LogP contribution in [0, 0.1) is 0 Å². The standard InChI is InChI=1S/C15H7BrClF2N5OS/c16-8-6-20-23(7-8)14(25)10-5-13-21-9(11-2-1-3-26-11)4-12(15(17,18)19)24(13)22-10/h1-7H. The molecule has 0 bridgehead atoms. The Labute approximate surface area is 162 Å². The van der Waals surface area contributed by atoms with Crippen molar-refractivity contribution in [3.8, 4) is 10.6 Å². The number of hydrogen-bond donors (Lipinski definition) is 0. The van der Waals surface area contributed by atoms with E-state index < -0.39 is 17.0 Å². The lowest BCUT2D eigenvalue weighted by Crippen LogP contribution is -2.15. The minimum Gasteiger partial charge on any atom is -0.265 e. The Bertz CT molecular complexity index is 1120. The number of rotatable bonds is 3. The maximum absolute atomic E-state index is 13.9. The molecule has 4 heterocycles. The third kappa shape index (κ3) is 3.04. The van der Waals surface area contributed by atoms with E-state index in [2.05, 4.69) is 31.1 Å². The van der Waals surface area contributed by atoms with Crippen LogP contribution in [0.3, 0.4) is 0 Å². The molecule has 0 fully saturated rings. The second-order valence-electron chi connectivity index (χ2n) is 5.21. The lowest BCUT2D eigenvalue weighted by Gasteiger charge is -2.11. The minimum atomic E-state index is -3.69. The normalized spacial score (nSPS) is 12.0. The van der Waals surface area contributed by atoms with Crippen molar-refractivity contribution in [3.05, 3.63) is 57.9 Å². The first-order valence-corrected chi connectivity index (χ1v) is 9.15. The van der Waals surface area contributed by atoms with Gasteiger partial charge in [-0.05, 0) is 45.0 Å². The molecule has 0 aliphatic heterocycles. The maximum atomic E-state index is 13.9. The summed E-state index contributed by atoms with van der Waals surface area (Å²) in [6.45, 7) is 0. The number of carbonyl (C=O) groups excluding carboxylic acids is 1. The highest BCUT2D eigenvalue weighted by Crippen LogP contribution is 2.35. The Morgan fingerprint density at radius 2 is 2.15 bits per heavy atom. The molecule has 0 aromatic carbocycles. The van der Waals surface area contributed by atoms with Crippen molar-refractivity contribution >= 4 is 50.4 Å². The number of fused-ring (bicyclic) bond motifs is 1. The van der Waals surface area contributed by atoms with E-state index >= 15 is 0 Å². The number of halogens is 4. The van der Waals surface area contributed by atoms with Crippen LogP contribution in [0.4, 0.5) is 8.78 Å². The predicted octanol–water partition coefficient (Wildman–Crippen LogP) is 4.39. The predicted molar refractivity (Wildman–Crippen MR) is 95.7 cm³/mol. The van der Waals surface area contributed by atoms with E-state index in [1.807, 2.05) is 0 Å². The third-order valence-corrected chi connectivity index (χ3v) is 4.97. The fourth-order valence-electron chi connectivity index (χ4n) is 2.36. The fourth-order valence-corrected chi connectivity index (χ4v) is 3.47. The molecule has 132 valence electrons. The molecule has 0 amide bonds. The van der Waals surface area contributed by atoms with Crippen LogP contribution in [0.25, 0.3) is 16.2 Å². The minimum absolute atomic E-state index is 0.0841. The summed E-state index contributed by atoms with van der Waals surface area (Å²) in [6, 6.07) is 6.02. The van der Waals surface area contributed by atoms with Gasteiger partial charge in [-0.3, -0.25) is 4.79 Å². The topological polar surface area (TPSA) is 65.1 Å². The van der Waals surface area contributed by atoms with Gasteiger partial charge in [-0.15, -0.1) is 11.3 Å². The Kier molecular flexibility index (Phi) is 4.13. The Hall–Kier alpha value is -2.17. The molecule has 0 unspecified atom stereocenters. The van der Waals surface area contributed by atoms with Crippen molar-refractivity contribution < 1.29 is 13.6 Å². The molecular weight excluding hydrogens is 452 g/mol. The molecule has 4 aromatic rings. The molecular formula is C15H7BrClF2N5OS. The van der Waals surface area contributed by atoms with E-state index in [4.69, 9.17) is 11.6 Å². The summed E-state index contributed by atoms with van der Waals surface area (Å²) >= 11 is 9.79. The number of carbonyl (C=O) groups is 1. The van der Waals surface area contributed by atoms with Crippen molar-refractivity contribution in [2.75, 3.05) is 0 Å². The summed E-state index contributed by atoms with van der Waals surface area (Å²) in [4.78, 5) is 17.5. The van der Waals surface area contributed by atoms with Crippen LogP contribution in [0.5, 0.6) is 0 Å². The molecule has 4 aromatic heterocycles. The molecule has 4 rings (SSSR count). The van der Waals surface area contributed by atoms with Gasteiger partial charge >= 0.3 is 5.38 Å². The largest absolute Gasteiger partial charge is 0.364 e. The first-order valence-electron chi connectivity index (χ1n) is 7.10. The zero-order chi connectivity index (χ0) is 18.5. The molecule has 0 saturated carbocycles. The van der Waals surface area contributed by atoms with Crippen LogP contribution in [0.15, 0.2) is 46.5 Å². The summed E-state index contributed by atoms with van der Waals surface area (Å²) < 4.78 is 30.3. The Morgan fingerprint density at radius 1 is 1.35 bits per heavy atom. The van der Waals surface area contributed by atoms with E-state index in [0.717, 1.165) is 15.3 Å². The zero-order valence-corrected chi connectivity index (χ0v) is 15.8. The lowest BCUT2D eigenvalue weighted by molar-refractivity contribution is 0.0865. The van der Waals surface area contributed by atoms with Crippen LogP contribution < -0.4 is 0 Å². The second-order valence-corrected chi connectivity index (χ2v) is 7.55. The number of aromatic nitrogens is 5. The Morgan fingerprint density at radius 3 is 2.77 bits per heavy atom. The monoisotopic (exact) mass is 457 g/mol. The zero-order valence-electron chi connectivity index (χ0n) is 12.6. The van der Waals surface area contributed by atoms with Crippen LogP contribution in [0.1, 0.15) is 16.2 Å². The molecule has 0 aliphatic carbocycles. The number of alkyl halides is 3. The summed E-state index contributed by atoms with van der Waals surface area (Å²) in [5, 5.41) is 5.94. The van der Waals surface area contributed by atoms with Crippen molar-refractivity contribution in [3.63, 3.8) is 0 Å². The first-order chi connectivity index (χ1) is 12.3. The maximum Gasteiger partial charge on any atom is 0.364 e. The average Bonchev–Trinajstić information content (AvgIpc) is 3.31. The quantitative estimate of drug-likeness (QED) is 0.427. The number of hydrogen-bond acceptors (Lipinski definition) is 5.